The Kier molecular flexibility index (Phi) is 3.16. The molecule has 1 saturated heterocycles. The summed E-state index contributed by atoms with van der Waals surface area (Å²) in [5, 5.41) is 3.39. The first-order valence-corrected chi connectivity index (χ1v) is 4.29. The van der Waals surface area contributed by atoms with E-state index in [0.29, 0.717) is 0 Å². The van der Waals surface area contributed by atoms with E-state index in [1.165, 1.54) is 25.9 Å². The van der Waals surface area contributed by atoms with Gasteiger partial charge in [-0.05, 0) is 37.9 Å². The molecule has 0 bridgehead atoms. The number of nitrogens with two attached hydrogens (primary N) is 1. The first kappa shape index (κ1) is 8.02. The fraction of sp³-hybridized carbons (Fsp3) is 1.00. The Morgan fingerprint density at radius 3 is 2.80 bits per heavy atom. The molecule has 0 aliphatic carbocycles. The van der Waals surface area contributed by atoms with Crippen molar-refractivity contribution in [3.05, 3.63) is 0 Å². The lowest BCUT2D eigenvalue weighted by atomic mass is 9.85. The maximum absolute atomic E-state index is 5.64. The van der Waals surface area contributed by atoms with Gasteiger partial charge >= 0.3 is 0 Å². The second-order valence-corrected chi connectivity index (χ2v) is 3.16. The van der Waals surface area contributed by atoms with Gasteiger partial charge in [0, 0.05) is 0 Å². The molecular formula is C8H18N2. The number of hydrogen-bond acceptors (Lipinski definition) is 2. The van der Waals surface area contributed by atoms with Gasteiger partial charge in [-0.3, -0.25) is 0 Å². The van der Waals surface area contributed by atoms with Crippen molar-refractivity contribution in [2.75, 3.05) is 19.6 Å². The lowest BCUT2D eigenvalue weighted by molar-refractivity contribution is 0.254. The van der Waals surface area contributed by atoms with Gasteiger partial charge in [-0.2, -0.15) is 0 Å². The predicted octanol–water partition coefficient (Wildman–Crippen LogP) is 0.581. The van der Waals surface area contributed by atoms with Gasteiger partial charge in [-0.25, -0.2) is 0 Å². The Balaban J connectivity index is 2.34. The quantitative estimate of drug-likeness (QED) is 0.592. The monoisotopic (exact) mass is 142 g/mol. The predicted molar refractivity (Wildman–Crippen MR) is 43.8 cm³/mol. The van der Waals surface area contributed by atoms with E-state index in [1.807, 2.05) is 0 Å². The highest BCUT2D eigenvalue weighted by Crippen LogP contribution is 2.20. The van der Waals surface area contributed by atoms with Gasteiger partial charge in [-0.15, -0.1) is 0 Å². The van der Waals surface area contributed by atoms with Crippen LogP contribution in [0.2, 0.25) is 0 Å². The summed E-state index contributed by atoms with van der Waals surface area (Å²) < 4.78 is 0. The molecule has 1 fully saturated rings. The summed E-state index contributed by atoms with van der Waals surface area (Å²) in [6.07, 6.45) is 2.55. The zero-order chi connectivity index (χ0) is 7.40. The summed E-state index contributed by atoms with van der Waals surface area (Å²) in [6, 6.07) is 0. The van der Waals surface area contributed by atoms with Gasteiger partial charge in [0.1, 0.15) is 0 Å². The molecule has 0 aromatic carbocycles. The van der Waals surface area contributed by atoms with Gasteiger partial charge in [0.25, 0.3) is 0 Å². The SMILES string of the molecule is CCC1CNCCC1CN. The van der Waals surface area contributed by atoms with Crippen molar-refractivity contribution in [1.82, 2.24) is 5.32 Å². The average Bonchev–Trinajstić information content (AvgIpc) is 2.04. The van der Waals surface area contributed by atoms with Crippen LogP contribution in [0.5, 0.6) is 0 Å². The van der Waals surface area contributed by atoms with Crippen molar-refractivity contribution in [1.29, 1.82) is 0 Å². The number of rotatable bonds is 2. The highest BCUT2D eigenvalue weighted by atomic mass is 14.9. The molecule has 1 aliphatic heterocycles. The van der Waals surface area contributed by atoms with Crippen molar-refractivity contribution >= 4 is 0 Å². The molecule has 0 spiro atoms. The smallest absolute Gasteiger partial charge is 0.00175 e. The molecule has 0 aromatic heterocycles. The fourth-order valence-corrected chi connectivity index (χ4v) is 1.77. The second kappa shape index (κ2) is 3.94. The Hall–Kier alpha value is -0.0800. The van der Waals surface area contributed by atoms with Gasteiger partial charge in [0.15, 0.2) is 0 Å². The van der Waals surface area contributed by atoms with E-state index < -0.39 is 0 Å². The molecule has 1 rings (SSSR count). The molecule has 0 radical (unpaired) electrons. The molecular weight excluding hydrogens is 124 g/mol. The lowest BCUT2D eigenvalue weighted by Crippen LogP contribution is -2.39. The summed E-state index contributed by atoms with van der Waals surface area (Å²) in [5.74, 6) is 1.62. The van der Waals surface area contributed by atoms with Gasteiger partial charge in [-0.1, -0.05) is 13.3 Å². The highest BCUT2D eigenvalue weighted by Gasteiger charge is 2.21. The van der Waals surface area contributed by atoms with Crippen molar-refractivity contribution in [2.24, 2.45) is 17.6 Å². The number of piperidine rings is 1. The summed E-state index contributed by atoms with van der Waals surface area (Å²) >= 11 is 0. The summed E-state index contributed by atoms with van der Waals surface area (Å²) in [6.45, 7) is 5.47. The van der Waals surface area contributed by atoms with Gasteiger partial charge in [0.05, 0.1) is 0 Å². The number of hydrogen-bond donors (Lipinski definition) is 2. The Bertz CT molecular complexity index is 81.3. The topological polar surface area (TPSA) is 38.0 Å². The second-order valence-electron chi connectivity index (χ2n) is 3.16. The molecule has 0 saturated carbocycles. The minimum absolute atomic E-state index is 0.784. The third kappa shape index (κ3) is 1.70. The normalized spacial score (nSPS) is 34.2. The van der Waals surface area contributed by atoms with E-state index in [0.717, 1.165) is 18.4 Å². The van der Waals surface area contributed by atoms with Crippen LogP contribution in [-0.2, 0) is 0 Å². The molecule has 1 heterocycles. The molecule has 2 unspecified atom stereocenters. The third-order valence-corrected chi connectivity index (χ3v) is 2.59. The van der Waals surface area contributed by atoms with Crippen LogP contribution in [0.3, 0.4) is 0 Å². The zero-order valence-electron chi connectivity index (χ0n) is 6.77. The molecule has 2 nitrogen and oxygen atoms in total. The standard InChI is InChI=1S/C8H18N2/c1-2-7-6-10-4-3-8(7)5-9/h7-8,10H,2-6,9H2,1H3. The van der Waals surface area contributed by atoms with Crippen LogP contribution in [0.15, 0.2) is 0 Å². The van der Waals surface area contributed by atoms with Crippen molar-refractivity contribution in [3.8, 4) is 0 Å². The maximum atomic E-state index is 5.64. The van der Waals surface area contributed by atoms with Crippen LogP contribution in [0.1, 0.15) is 19.8 Å². The molecule has 2 atom stereocenters. The molecule has 60 valence electrons. The summed E-state index contributed by atoms with van der Waals surface area (Å²) in [4.78, 5) is 0. The number of nitrogens with one attached hydrogen (secondary N) is 1. The van der Waals surface area contributed by atoms with Crippen molar-refractivity contribution in [3.63, 3.8) is 0 Å². The van der Waals surface area contributed by atoms with Crippen molar-refractivity contribution in [2.45, 2.75) is 19.8 Å². The minimum atomic E-state index is 0.784. The molecule has 0 amide bonds. The van der Waals surface area contributed by atoms with E-state index in [1.54, 1.807) is 0 Å². The first-order chi connectivity index (χ1) is 4.88. The van der Waals surface area contributed by atoms with Gasteiger partial charge in [0.2, 0.25) is 0 Å². The van der Waals surface area contributed by atoms with E-state index >= 15 is 0 Å². The van der Waals surface area contributed by atoms with Crippen LogP contribution in [-0.4, -0.2) is 19.6 Å². The van der Waals surface area contributed by atoms with Gasteiger partial charge < -0.3 is 11.1 Å². The minimum Gasteiger partial charge on any atom is -0.330 e. The lowest BCUT2D eigenvalue weighted by Gasteiger charge is -2.30. The van der Waals surface area contributed by atoms with E-state index in [4.69, 9.17) is 5.73 Å². The van der Waals surface area contributed by atoms with E-state index in [-0.39, 0.29) is 0 Å². The van der Waals surface area contributed by atoms with Crippen LogP contribution in [0.25, 0.3) is 0 Å². The van der Waals surface area contributed by atoms with Crippen LogP contribution in [0, 0.1) is 11.8 Å². The molecule has 3 N–H and O–H groups in total. The van der Waals surface area contributed by atoms with Crippen molar-refractivity contribution < 1.29 is 0 Å². The fourth-order valence-electron chi connectivity index (χ4n) is 1.77. The molecule has 0 aromatic rings. The van der Waals surface area contributed by atoms with Crippen LogP contribution >= 0.6 is 0 Å². The molecule has 2 heteroatoms. The Morgan fingerprint density at radius 2 is 2.30 bits per heavy atom. The average molecular weight is 142 g/mol. The Morgan fingerprint density at radius 1 is 1.50 bits per heavy atom. The summed E-state index contributed by atoms with van der Waals surface area (Å²) in [7, 11) is 0. The van der Waals surface area contributed by atoms with Crippen LogP contribution in [0.4, 0.5) is 0 Å². The zero-order valence-corrected chi connectivity index (χ0v) is 6.77. The highest BCUT2D eigenvalue weighted by molar-refractivity contribution is 4.77. The van der Waals surface area contributed by atoms with Crippen LogP contribution < -0.4 is 11.1 Å². The maximum Gasteiger partial charge on any atom is -0.00175 e. The summed E-state index contributed by atoms with van der Waals surface area (Å²) in [5.41, 5.74) is 5.64. The largest absolute Gasteiger partial charge is 0.330 e. The molecule has 1 aliphatic rings. The molecule has 10 heavy (non-hydrogen) atoms. The first-order valence-electron chi connectivity index (χ1n) is 4.29. The third-order valence-electron chi connectivity index (χ3n) is 2.59. The van der Waals surface area contributed by atoms with E-state index in [2.05, 4.69) is 12.2 Å². The Labute approximate surface area is 63.2 Å². The van der Waals surface area contributed by atoms with E-state index in [9.17, 15) is 0 Å².